The van der Waals surface area contributed by atoms with E-state index in [1.165, 1.54) is 12.3 Å². The van der Waals surface area contributed by atoms with Gasteiger partial charge in [0.1, 0.15) is 11.4 Å². The summed E-state index contributed by atoms with van der Waals surface area (Å²) in [7, 11) is 0. The standard InChI is InChI=1S/C11H17N3O2/c1-3-4-7(2)14-10-9(11(15)16)5-8(12)6-13-10/h5-7H,3-4,12H2,1-2H3,(H,13,14)(H,15,16). The van der Waals surface area contributed by atoms with Gasteiger partial charge in [0, 0.05) is 6.04 Å². The summed E-state index contributed by atoms with van der Waals surface area (Å²) < 4.78 is 0. The molecule has 88 valence electrons. The van der Waals surface area contributed by atoms with Crippen molar-refractivity contribution in [2.24, 2.45) is 0 Å². The molecule has 0 aliphatic heterocycles. The first kappa shape index (κ1) is 12.3. The number of aromatic nitrogens is 1. The smallest absolute Gasteiger partial charge is 0.339 e. The molecule has 1 aromatic heterocycles. The lowest BCUT2D eigenvalue weighted by Crippen LogP contribution is -2.18. The van der Waals surface area contributed by atoms with Crippen molar-refractivity contribution in [3.63, 3.8) is 0 Å². The number of hydrogen-bond acceptors (Lipinski definition) is 4. The summed E-state index contributed by atoms with van der Waals surface area (Å²) in [4.78, 5) is 15.0. The second-order valence-electron chi connectivity index (χ2n) is 3.80. The van der Waals surface area contributed by atoms with E-state index < -0.39 is 5.97 Å². The van der Waals surface area contributed by atoms with Gasteiger partial charge in [-0.15, -0.1) is 0 Å². The van der Waals surface area contributed by atoms with Gasteiger partial charge in [-0.1, -0.05) is 13.3 Å². The lowest BCUT2D eigenvalue weighted by molar-refractivity contribution is 0.0697. The molecule has 0 aliphatic rings. The van der Waals surface area contributed by atoms with Gasteiger partial charge in [0.2, 0.25) is 0 Å². The average Bonchev–Trinajstić information content (AvgIpc) is 2.20. The molecule has 5 heteroatoms. The molecule has 16 heavy (non-hydrogen) atoms. The van der Waals surface area contributed by atoms with Crippen LogP contribution in [0.2, 0.25) is 0 Å². The van der Waals surface area contributed by atoms with Gasteiger partial charge in [-0.2, -0.15) is 0 Å². The first-order chi connectivity index (χ1) is 7.54. The zero-order chi connectivity index (χ0) is 12.1. The highest BCUT2D eigenvalue weighted by Gasteiger charge is 2.13. The second-order valence-corrected chi connectivity index (χ2v) is 3.80. The van der Waals surface area contributed by atoms with Crippen molar-refractivity contribution in [1.29, 1.82) is 0 Å². The number of aromatic carboxylic acids is 1. The van der Waals surface area contributed by atoms with Crippen LogP contribution >= 0.6 is 0 Å². The maximum absolute atomic E-state index is 11.0. The first-order valence-electron chi connectivity index (χ1n) is 5.30. The molecule has 1 atom stereocenters. The minimum atomic E-state index is -1.02. The second kappa shape index (κ2) is 5.34. The molecular weight excluding hydrogens is 206 g/mol. The number of hydrogen-bond donors (Lipinski definition) is 3. The molecule has 5 nitrogen and oxygen atoms in total. The van der Waals surface area contributed by atoms with Gasteiger partial charge in [0.15, 0.2) is 0 Å². The Labute approximate surface area is 94.7 Å². The molecular formula is C11H17N3O2. The minimum Gasteiger partial charge on any atom is -0.478 e. The lowest BCUT2D eigenvalue weighted by Gasteiger charge is -2.15. The Morgan fingerprint density at radius 3 is 2.94 bits per heavy atom. The molecule has 1 rings (SSSR count). The highest BCUT2D eigenvalue weighted by atomic mass is 16.4. The Morgan fingerprint density at radius 1 is 1.69 bits per heavy atom. The number of anilines is 2. The molecule has 0 aromatic carbocycles. The number of carboxylic acids is 1. The van der Waals surface area contributed by atoms with Gasteiger partial charge in [-0.05, 0) is 19.4 Å². The summed E-state index contributed by atoms with van der Waals surface area (Å²) in [6, 6.07) is 1.61. The number of nitrogens with one attached hydrogen (secondary N) is 1. The fourth-order valence-corrected chi connectivity index (χ4v) is 1.50. The van der Waals surface area contributed by atoms with Crippen molar-refractivity contribution in [2.45, 2.75) is 32.7 Å². The van der Waals surface area contributed by atoms with Gasteiger partial charge in [-0.3, -0.25) is 0 Å². The van der Waals surface area contributed by atoms with Crippen molar-refractivity contribution in [3.05, 3.63) is 17.8 Å². The number of nitrogens with zero attached hydrogens (tertiary/aromatic N) is 1. The van der Waals surface area contributed by atoms with Crippen LogP contribution in [0.25, 0.3) is 0 Å². The fourth-order valence-electron chi connectivity index (χ4n) is 1.50. The third kappa shape index (κ3) is 3.12. The molecule has 1 heterocycles. The highest BCUT2D eigenvalue weighted by Crippen LogP contribution is 2.17. The first-order valence-corrected chi connectivity index (χ1v) is 5.30. The summed E-state index contributed by atoms with van der Waals surface area (Å²) in [5.74, 6) is -0.645. The number of carbonyl (C=O) groups is 1. The maximum atomic E-state index is 11.0. The van der Waals surface area contributed by atoms with E-state index in [-0.39, 0.29) is 11.6 Å². The number of rotatable bonds is 5. The number of pyridine rings is 1. The SMILES string of the molecule is CCCC(C)Nc1ncc(N)cc1C(=O)O. The van der Waals surface area contributed by atoms with Crippen molar-refractivity contribution in [3.8, 4) is 0 Å². The highest BCUT2D eigenvalue weighted by molar-refractivity contribution is 5.94. The molecule has 1 unspecified atom stereocenters. The summed E-state index contributed by atoms with van der Waals surface area (Å²) in [6.45, 7) is 4.07. The third-order valence-corrected chi connectivity index (χ3v) is 2.24. The summed E-state index contributed by atoms with van der Waals surface area (Å²) in [6.07, 6.45) is 3.45. The van der Waals surface area contributed by atoms with E-state index in [4.69, 9.17) is 10.8 Å². The topological polar surface area (TPSA) is 88.2 Å². The van der Waals surface area contributed by atoms with Crippen molar-refractivity contribution < 1.29 is 9.90 Å². The summed E-state index contributed by atoms with van der Waals surface area (Å²) in [5, 5.41) is 12.1. The minimum absolute atomic E-state index is 0.114. The normalized spacial score (nSPS) is 12.1. The molecule has 0 spiro atoms. The average molecular weight is 223 g/mol. The largest absolute Gasteiger partial charge is 0.478 e. The van der Waals surface area contributed by atoms with E-state index in [1.54, 1.807) is 0 Å². The Morgan fingerprint density at radius 2 is 2.38 bits per heavy atom. The van der Waals surface area contributed by atoms with Crippen molar-refractivity contribution in [2.75, 3.05) is 11.1 Å². The number of nitrogen functional groups attached to an aromatic ring is 1. The number of nitrogens with two attached hydrogens (primary N) is 1. The summed E-state index contributed by atoms with van der Waals surface area (Å²) in [5.41, 5.74) is 5.97. The Balaban J connectivity index is 2.90. The summed E-state index contributed by atoms with van der Waals surface area (Å²) >= 11 is 0. The van der Waals surface area contributed by atoms with Crippen LogP contribution in [0.5, 0.6) is 0 Å². The predicted octanol–water partition coefficient (Wildman–Crippen LogP) is 1.96. The molecule has 4 N–H and O–H groups in total. The third-order valence-electron chi connectivity index (χ3n) is 2.24. The zero-order valence-electron chi connectivity index (χ0n) is 9.53. The Bertz CT molecular complexity index is 379. The van der Waals surface area contributed by atoms with Crippen LogP contribution in [0.3, 0.4) is 0 Å². The monoisotopic (exact) mass is 223 g/mol. The van der Waals surface area contributed by atoms with E-state index in [9.17, 15) is 4.79 Å². The van der Waals surface area contributed by atoms with Gasteiger partial charge >= 0.3 is 5.97 Å². The van der Waals surface area contributed by atoms with Crippen LogP contribution in [0.15, 0.2) is 12.3 Å². The Kier molecular flexibility index (Phi) is 4.10. The van der Waals surface area contributed by atoms with E-state index in [1.807, 2.05) is 6.92 Å². The van der Waals surface area contributed by atoms with Crippen molar-refractivity contribution >= 4 is 17.5 Å². The molecule has 0 fully saturated rings. The van der Waals surface area contributed by atoms with Crippen LogP contribution in [-0.4, -0.2) is 22.1 Å². The van der Waals surface area contributed by atoms with Gasteiger partial charge < -0.3 is 16.2 Å². The maximum Gasteiger partial charge on any atom is 0.339 e. The van der Waals surface area contributed by atoms with Crippen molar-refractivity contribution in [1.82, 2.24) is 4.98 Å². The van der Waals surface area contributed by atoms with E-state index in [0.29, 0.717) is 11.5 Å². The van der Waals surface area contributed by atoms with Crippen LogP contribution in [0.4, 0.5) is 11.5 Å². The van der Waals surface area contributed by atoms with Crippen LogP contribution < -0.4 is 11.1 Å². The molecule has 0 saturated carbocycles. The van der Waals surface area contributed by atoms with E-state index in [0.717, 1.165) is 12.8 Å². The fraction of sp³-hybridized carbons (Fsp3) is 0.455. The lowest BCUT2D eigenvalue weighted by atomic mass is 10.1. The number of carboxylic acid groups (broad SMARTS) is 1. The van der Waals surface area contributed by atoms with Crippen LogP contribution in [-0.2, 0) is 0 Å². The van der Waals surface area contributed by atoms with E-state index in [2.05, 4.69) is 17.2 Å². The molecule has 0 bridgehead atoms. The quantitative estimate of drug-likeness (QED) is 0.710. The Hall–Kier alpha value is -1.78. The van der Waals surface area contributed by atoms with Gasteiger partial charge in [0.05, 0.1) is 11.9 Å². The van der Waals surface area contributed by atoms with Gasteiger partial charge in [-0.25, -0.2) is 9.78 Å². The molecule has 0 aliphatic carbocycles. The molecule has 0 radical (unpaired) electrons. The van der Waals surface area contributed by atoms with Crippen LogP contribution in [0.1, 0.15) is 37.0 Å². The van der Waals surface area contributed by atoms with Crippen LogP contribution in [0, 0.1) is 0 Å². The predicted molar refractivity (Wildman–Crippen MR) is 63.6 cm³/mol. The molecule has 0 amide bonds. The molecule has 0 saturated heterocycles. The zero-order valence-corrected chi connectivity index (χ0v) is 9.53. The molecule has 1 aromatic rings. The van der Waals surface area contributed by atoms with E-state index >= 15 is 0 Å². The van der Waals surface area contributed by atoms with Gasteiger partial charge in [0.25, 0.3) is 0 Å².